The molecule has 0 aromatic carbocycles. The lowest BCUT2D eigenvalue weighted by molar-refractivity contribution is 0.697. The molecule has 0 aliphatic carbocycles. The van der Waals surface area contributed by atoms with Crippen LogP contribution >= 0.6 is 0 Å². The molecule has 0 aliphatic heterocycles. The van der Waals surface area contributed by atoms with Crippen LogP contribution < -0.4 is 11.1 Å². The highest BCUT2D eigenvalue weighted by molar-refractivity contribution is 5.39. The monoisotopic (exact) mass is 246 g/mol. The molecule has 1 unspecified atom stereocenters. The van der Waals surface area contributed by atoms with Crippen molar-refractivity contribution in [2.75, 3.05) is 6.54 Å². The Balaban J connectivity index is 4.46. The minimum Gasteiger partial charge on any atom is -0.402 e. The van der Waals surface area contributed by atoms with Gasteiger partial charge in [-0.25, -0.2) is 0 Å². The molecular weight excluding hydrogens is 220 g/mol. The maximum Gasteiger partial charge on any atom is 0.0340 e. The van der Waals surface area contributed by atoms with Crippen molar-refractivity contribution < 1.29 is 0 Å². The van der Waals surface area contributed by atoms with Crippen molar-refractivity contribution in [1.29, 1.82) is 0 Å². The van der Waals surface area contributed by atoms with Crippen molar-refractivity contribution in [1.82, 2.24) is 5.32 Å². The van der Waals surface area contributed by atoms with Crippen LogP contribution in [0.5, 0.6) is 0 Å². The average molecular weight is 246 g/mol. The lowest BCUT2D eigenvalue weighted by atomic mass is 10.1. The summed E-state index contributed by atoms with van der Waals surface area (Å²) in [6, 6.07) is 0. The Morgan fingerprint density at radius 2 is 2.06 bits per heavy atom. The Morgan fingerprint density at radius 3 is 2.56 bits per heavy atom. The molecule has 0 aromatic rings. The summed E-state index contributed by atoms with van der Waals surface area (Å²) < 4.78 is 0. The van der Waals surface area contributed by atoms with Crippen LogP contribution in [-0.4, -0.2) is 6.54 Å². The molecule has 0 bridgehead atoms. The third kappa shape index (κ3) is 7.55. The van der Waals surface area contributed by atoms with Crippen LogP contribution in [0.3, 0.4) is 0 Å². The second-order valence-electron chi connectivity index (χ2n) is 4.42. The van der Waals surface area contributed by atoms with Crippen molar-refractivity contribution in [2.24, 2.45) is 11.7 Å². The first-order chi connectivity index (χ1) is 8.51. The quantitative estimate of drug-likeness (QED) is 0.609. The molecule has 0 saturated heterocycles. The van der Waals surface area contributed by atoms with E-state index in [0.29, 0.717) is 11.6 Å². The molecule has 0 radical (unpaired) electrons. The second-order valence-corrected chi connectivity index (χ2v) is 4.42. The molecular formula is C16H26N2. The third-order valence-electron chi connectivity index (χ3n) is 2.68. The van der Waals surface area contributed by atoms with Gasteiger partial charge in [-0.15, -0.1) is 0 Å². The summed E-state index contributed by atoms with van der Waals surface area (Å²) in [6.07, 6.45) is 9.86. The van der Waals surface area contributed by atoms with Crippen LogP contribution in [0, 0.1) is 5.92 Å². The molecule has 18 heavy (non-hydrogen) atoms. The SMILES string of the molecule is C=C/C=C(\C=C/C(C)CC)C(=C)NCCC(=C)N. The second kappa shape index (κ2) is 9.34. The van der Waals surface area contributed by atoms with E-state index >= 15 is 0 Å². The Hall–Kier alpha value is -1.70. The fourth-order valence-electron chi connectivity index (χ4n) is 1.26. The molecule has 0 fully saturated rings. The van der Waals surface area contributed by atoms with Gasteiger partial charge in [-0.2, -0.15) is 0 Å². The van der Waals surface area contributed by atoms with E-state index in [4.69, 9.17) is 5.73 Å². The maximum atomic E-state index is 5.52. The van der Waals surface area contributed by atoms with E-state index in [9.17, 15) is 0 Å². The summed E-state index contributed by atoms with van der Waals surface area (Å²) in [4.78, 5) is 0. The lowest BCUT2D eigenvalue weighted by Gasteiger charge is -2.11. The van der Waals surface area contributed by atoms with E-state index in [-0.39, 0.29) is 0 Å². The number of nitrogens with one attached hydrogen (secondary N) is 1. The van der Waals surface area contributed by atoms with Crippen LogP contribution in [0.2, 0.25) is 0 Å². The predicted molar refractivity (Wildman–Crippen MR) is 82.0 cm³/mol. The zero-order chi connectivity index (χ0) is 14.0. The van der Waals surface area contributed by atoms with E-state index < -0.39 is 0 Å². The molecule has 0 amide bonds. The fraction of sp³-hybridized carbons (Fsp3) is 0.375. The van der Waals surface area contributed by atoms with Crippen LogP contribution in [0.1, 0.15) is 26.7 Å². The summed E-state index contributed by atoms with van der Waals surface area (Å²) in [6.45, 7) is 16.5. The van der Waals surface area contributed by atoms with Crippen molar-refractivity contribution in [2.45, 2.75) is 26.7 Å². The molecule has 0 aromatic heterocycles. The molecule has 0 aliphatic rings. The molecule has 0 saturated carbocycles. The van der Waals surface area contributed by atoms with Crippen molar-refractivity contribution >= 4 is 0 Å². The van der Waals surface area contributed by atoms with E-state index in [1.165, 1.54) is 0 Å². The first-order valence-electron chi connectivity index (χ1n) is 6.38. The van der Waals surface area contributed by atoms with E-state index in [1.54, 1.807) is 6.08 Å². The van der Waals surface area contributed by atoms with E-state index in [1.807, 2.05) is 6.08 Å². The third-order valence-corrected chi connectivity index (χ3v) is 2.68. The Kier molecular flexibility index (Phi) is 8.46. The van der Waals surface area contributed by atoms with Gasteiger partial charge in [-0.05, 0) is 11.5 Å². The summed E-state index contributed by atoms with van der Waals surface area (Å²) in [5, 5.41) is 3.24. The number of hydrogen-bond acceptors (Lipinski definition) is 2. The minimum atomic E-state index is 0.565. The maximum absolute atomic E-state index is 5.52. The Bertz CT molecular complexity index is 348. The Morgan fingerprint density at radius 1 is 1.39 bits per heavy atom. The number of allylic oxidation sites excluding steroid dienone is 4. The van der Waals surface area contributed by atoms with Gasteiger partial charge >= 0.3 is 0 Å². The number of rotatable bonds is 9. The van der Waals surface area contributed by atoms with Crippen molar-refractivity contribution in [3.05, 3.63) is 61.0 Å². The lowest BCUT2D eigenvalue weighted by Crippen LogP contribution is -2.17. The molecule has 100 valence electrons. The highest BCUT2D eigenvalue weighted by Crippen LogP contribution is 2.11. The largest absolute Gasteiger partial charge is 0.402 e. The van der Waals surface area contributed by atoms with Crippen molar-refractivity contribution in [3.8, 4) is 0 Å². The minimum absolute atomic E-state index is 0.565. The zero-order valence-corrected chi connectivity index (χ0v) is 11.7. The molecule has 0 rings (SSSR count). The molecule has 0 spiro atoms. The number of nitrogens with two attached hydrogens (primary N) is 1. The van der Waals surface area contributed by atoms with Gasteiger partial charge in [0.2, 0.25) is 0 Å². The van der Waals surface area contributed by atoms with E-state index in [0.717, 1.165) is 30.7 Å². The van der Waals surface area contributed by atoms with Crippen LogP contribution in [0.25, 0.3) is 0 Å². The predicted octanol–water partition coefficient (Wildman–Crippen LogP) is 3.67. The van der Waals surface area contributed by atoms with Gasteiger partial charge in [0, 0.05) is 24.4 Å². The standard InChI is InChI=1S/C16H26N2/c1-6-8-16(10-9-13(3)7-2)15(5)18-12-11-14(4)17/h6,8-10,13,18H,1,4-5,7,11-12,17H2,2-3H3/b10-9-,16-8+. The van der Waals surface area contributed by atoms with Gasteiger partial charge in [0.1, 0.15) is 0 Å². The van der Waals surface area contributed by atoms with Gasteiger partial charge in [0.25, 0.3) is 0 Å². The highest BCUT2D eigenvalue weighted by Gasteiger charge is 1.99. The van der Waals surface area contributed by atoms with Gasteiger partial charge in [-0.1, -0.05) is 64.3 Å². The van der Waals surface area contributed by atoms with Gasteiger partial charge < -0.3 is 11.1 Å². The van der Waals surface area contributed by atoms with Gasteiger partial charge in [-0.3, -0.25) is 0 Å². The zero-order valence-electron chi connectivity index (χ0n) is 11.7. The molecule has 0 heterocycles. The normalized spacial score (nSPS) is 13.3. The summed E-state index contributed by atoms with van der Waals surface area (Å²) >= 11 is 0. The van der Waals surface area contributed by atoms with Crippen LogP contribution in [-0.2, 0) is 0 Å². The summed E-state index contributed by atoms with van der Waals surface area (Å²) in [5.74, 6) is 0.565. The summed E-state index contributed by atoms with van der Waals surface area (Å²) in [7, 11) is 0. The summed E-state index contributed by atoms with van der Waals surface area (Å²) in [5.41, 5.74) is 8.14. The topological polar surface area (TPSA) is 38.0 Å². The average Bonchev–Trinajstić information content (AvgIpc) is 2.33. The van der Waals surface area contributed by atoms with Crippen LogP contribution in [0.15, 0.2) is 61.0 Å². The van der Waals surface area contributed by atoms with E-state index in [2.05, 4.69) is 51.1 Å². The number of hydrogen-bond donors (Lipinski definition) is 2. The van der Waals surface area contributed by atoms with Crippen molar-refractivity contribution in [3.63, 3.8) is 0 Å². The van der Waals surface area contributed by atoms with Crippen LogP contribution in [0.4, 0.5) is 0 Å². The molecule has 3 N–H and O–H groups in total. The smallest absolute Gasteiger partial charge is 0.0340 e. The fourth-order valence-corrected chi connectivity index (χ4v) is 1.26. The molecule has 2 heteroatoms. The first kappa shape index (κ1) is 16.3. The molecule has 1 atom stereocenters. The van der Waals surface area contributed by atoms with Gasteiger partial charge in [0.05, 0.1) is 0 Å². The molecule has 2 nitrogen and oxygen atoms in total. The Labute approximate surface area is 112 Å². The van der Waals surface area contributed by atoms with Gasteiger partial charge in [0.15, 0.2) is 0 Å². The first-order valence-corrected chi connectivity index (χ1v) is 6.38. The highest BCUT2D eigenvalue weighted by atomic mass is 14.9.